The monoisotopic (exact) mass is 309 g/mol. The summed E-state index contributed by atoms with van der Waals surface area (Å²) in [6, 6.07) is 3.68. The fourth-order valence-corrected chi connectivity index (χ4v) is 3.27. The van der Waals surface area contributed by atoms with Crippen molar-refractivity contribution in [1.29, 1.82) is 0 Å². The van der Waals surface area contributed by atoms with E-state index in [-0.39, 0.29) is 11.7 Å². The van der Waals surface area contributed by atoms with Crippen LogP contribution in [0.3, 0.4) is 0 Å². The first-order chi connectivity index (χ1) is 10.2. The quantitative estimate of drug-likeness (QED) is 0.727. The highest BCUT2D eigenvalue weighted by Crippen LogP contribution is 2.19. The number of amides is 1. The maximum absolute atomic E-state index is 12.1. The molecule has 0 unspecified atom stereocenters. The van der Waals surface area contributed by atoms with Crippen molar-refractivity contribution in [2.24, 2.45) is 5.92 Å². The number of ketones is 1. The molecule has 0 saturated carbocycles. The second-order valence-corrected chi connectivity index (χ2v) is 6.33. The van der Waals surface area contributed by atoms with Gasteiger partial charge in [-0.05, 0) is 37.1 Å². The molecule has 0 N–H and O–H groups in total. The van der Waals surface area contributed by atoms with Crippen LogP contribution in [0.5, 0.6) is 0 Å². The molecule has 1 saturated heterocycles. The summed E-state index contributed by atoms with van der Waals surface area (Å²) < 4.78 is 5.44. The topological polar surface area (TPSA) is 46.6 Å². The number of nitrogens with zero attached hydrogens (tertiary/aromatic N) is 1. The van der Waals surface area contributed by atoms with Gasteiger partial charge in [0.15, 0.2) is 5.78 Å². The Morgan fingerprint density at radius 1 is 1.33 bits per heavy atom. The van der Waals surface area contributed by atoms with Gasteiger partial charge < -0.3 is 9.64 Å². The molecule has 116 valence electrons. The predicted molar refractivity (Wildman–Crippen MR) is 83.7 cm³/mol. The zero-order valence-electron chi connectivity index (χ0n) is 12.5. The minimum Gasteiger partial charge on any atom is -0.381 e. The third-order valence-corrected chi connectivity index (χ3v) is 4.80. The third-order valence-electron chi connectivity index (χ3n) is 3.89. The van der Waals surface area contributed by atoms with Crippen LogP contribution in [0.15, 0.2) is 17.5 Å². The molecule has 2 heterocycles. The van der Waals surface area contributed by atoms with E-state index in [2.05, 4.69) is 0 Å². The summed E-state index contributed by atoms with van der Waals surface area (Å²) in [6.45, 7) is 5.15. The molecule has 1 aliphatic heterocycles. The highest BCUT2D eigenvalue weighted by molar-refractivity contribution is 7.12. The fraction of sp³-hybridized carbons (Fsp3) is 0.625. The molecule has 0 aliphatic carbocycles. The number of hydrogen-bond acceptors (Lipinski definition) is 4. The van der Waals surface area contributed by atoms with Crippen LogP contribution in [0.1, 0.15) is 42.3 Å². The van der Waals surface area contributed by atoms with Gasteiger partial charge >= 0.3 is 0 Å². The van der Waals surface area contributed by atoms with Crippen molar-refractivity contribution in [3.05, 3.63) is 22.4 Å². The van der Waals surface area contributed by atoms with Crippen LogP contribution in [-0.4, -0.2) is 42.9 Å². The molecule has 0 aromatic carbocycles. The Morgan fingerprint density at radius 3 is 2.71 bits per heavy atom. The van der Waals surface area contributed by atoms with Gasteiger partial charge in [0.05, 0.1) is 4.88 Å². The van der Waals surface area contributed by atoms with Crippen molar-refractivity contribution in [1.82, 2.24) is 4.90 Å². The molecule has 1 fully saturated rings. The third kappa shape index (κ3) is 4.93. The molecule has 1 aromatic heterocycles. The molecular weight excluding hydrogens is 286 g/mol. The number of rotatable bonds is 7. The lowest BCUT2D eigenvalue weighted by Gasteiger charge is -2.31. The van der Waals surface area contributed by atoms with Gasteiger partial charge in [-0.3, -0.25) is 9.59 Å². The summed E-state index contributed by atoms with van der Waals surface area (Å²) in [5.41, 5.74) is 0. The van der Waals surface area contributed by atoms with Crippen molar-refractivity contribution in [2.75, 3.05) is 26.3 Å². The molecule has 2 rings (SSSR count). The van der Waals surface area contributed by atoms with E-state index in [9.17, 15) is 9.59 Å². The van der Waals surface area contributed by atoms with Crippen molar-refractivity contribution in [3.8, 4) is 0 Å². The first-order valence-electron chi connectivity index (χ1n) is 7.63. The van der Waals surface area contributed by atoms with Gasteiger partial charge in [-0.25, -0.2) is 0 Å². The van der Waals surface area contributed by atoms with E-state index in [1.54, 1.807) is 0 Å². The average Bonchev–Trinajstić information content (AvgIpc) is 3.05. The highest BCUT2D eigenvalue weighted by atomic mass is 32.1. The van der Waals surface area contributed by atoms with Crippen LogP contribution < -0.4 is 0 Å². The highest BCUT2D eigenvalue weighted by Gasteiger charge is 2.23. The van der Waals surface area contributed by atoms with Crippen molar-refractivity contribution in [3.63, 3.8) is 0 Å². The van der Waals surface area contributed by atoms with Crippen molar-refractivity contribution >= 4 is 23.0 Å². The maximum atomic E-state index is 12.1. The van der Waals surface area contributed by atoms with E-state index in [1.807, 2.05) is 29.3 Å². The molecule has 5 heteroatoms. The van der Waals surface area contributed by atoms with Crippen LogP contribution in [0.4, 0.5) is 0 Å². The van der Waals surface area contributed by atoms with Crippen molar-refractivity contribution < 1.29 is 14.3 Å². The van der Waals surface area contributed by atoms with Gasteiger partial charge in [0.25, 0.3) is 0 Å². The molecule has 1 aliphatic rings. The van der Waals surface area contributed by atoms with E-state index < -0.39 is 0 Å². The minimum atomic E-state index is 0.0737. The predicted octanol–water partition coefficient (Wildman–Crippen LogP) is 2.99. The minimum absolute atomic E-state index is 0.0737. The number of likely N-dealkylation sites (tertiary alicyclic amines) is 1. The molecule has 1 amide bonds. The lowest BCUT2D eigenvalue weighted by atomic mass is 9.97. The van der Waals surface area contributed by atoms with Gasteiger partial charge in [0.1, 0.15) is 0 Å². The normalized spacial score (nSPS) is 16.1. The molecule has 0 radical (unpaired) electrons. The zero-order chi connectivity index (χ0) is 15.1. The Bertz CT molecular complexity index is 450. The Balaban J connectivity index is 1.69. The Morgan fingerprint density at radius 2 is 2.10 bits per heavy atom. The average molecular weight is 309 g/mol. The van der Waals surface area contributed by atoms with Crippen LogP contribution >= 0.6 is 11.3 Å². The van der Waals surface area contributed by atoms with E-state index in [1.165, 1.54) is 11.3 Å². The number of hydrogen-bond donors (Lipinski definition) is 0. The lowest BCUT2D eigenvalue weighted by Crippen LogP contribution is -2.39. The smallest absolute Gasteiger partial charge is 0.223 e. The number of piperidine rings is 1. The number of Topliss-reactive ketones (excluding diaryl/α,β-unsaturated/α-hetero) is 1. The summed E-state index contributed by atoms with van der Waals surface area (Å²) in [4.78, 5) is 26.7. The second-order valence-electron chi connectivity index (χ2n) is 5.38. The number of carbonyl (C=O) groups is 2. The Kier molecular flexibility index (Phi) is 6.39. The van der Waals surface area contributed by atoms with E-state index in [0.717, 1.165) is 44.0 Å². The largest absolute Gasteiger partial charge is 0.381 e. The molecular formula is C16H23NO3S. The molecule has 21 heavy (non-hydrogen) atoms. The summed E-state index contributed by atoms with van der Waals surface area (Å²) in [5.74, 6) is 0.751. The van der Waals surface area contributed by atoms with Gasteiger partial charge in [-0.2, -0.15) is 0 Å². The fourth-order valence-electron chi connectivity index (χ4n) is 2.57. The van der Waals surface area contributed by atoms with Crippen LogP contribution in [0.2, 0.25) is 0 Å². The molecule has 0 spiro atoms. The van der Waals surface area contributed by atoms with Gasteiger partial charge in [-0.1, -0.05) is 6.07 Å². The van der Waals surface area contributed by atoms with Crippen LogP contribution in [0.25, 0.3) is 0 Å². The summed E-state index contributed by atoms with van der Waals surface area (Å²) >= 11 is 1.44. The van der Waals surface area contributed by atoms with E-state index >= 15 is 0 Å². The number of carbonyl (C=O) groups excluding carboxylic acids is 2. The summed E-state index contributed by atoms with van der Waals surface area (Å²) in [7, 11) is 0. The lowest BCUT2D eigenvalue weighted by molar-refractivity contribution is -0.132. The zero-order valence-corrected chi connectivity index (χ0v) is 13.4. The standard InChI is InChI=1S/C16H23NO3S/c1-2-20-12-13-7-9-17(10-8-13)16(19)6-5-14(18)15-4-3-11-21-15/h3-4,11,13H,2,5-10,12H2,1H3. The molecule has 0 atom stereocenters. The van der Waals surface area contributed by atoms with Gasteiger partial charge in [0.2, 0.25) is 5.91 Å². The summed E-state index contributed by atoms with van der Waals surface area (Å²) in [6.07, 6.45) is 2.65. The first-order valence-corrected chi connectivity index (χ1v) is 8.51. The van der Waals surface area contributed by atoms with Crippen LogP contribution in [-0.2, 0) is 9.53 Å². The van der Waals surface area contributed by atoms with Crippen LogP contribution in [0, 0.1) is 5.92 Å². The first kappa shape index (κ1) is 16.2. The SMILES string of the molecule is CCOCC1CCN(C(=O)CCC(=O)c2cccs2)CC1. The van der Waals surface area contributed by atoms with E-state index in [0.29, 0.717) is 18.8 Å². The van der Waals surface area contributed by atoms with Crippen molar-refractivity contribution in [2.45, 2.75) is 32.6 Å². The van der Waals surface area contributed by atoms with Gasteiger partial charge in [-0.15, -0.1) is 11.3 Å². The Labute approximate surface area is 130 Å². The molecule has 1 aromatic rings. The molecule has 4 nitrogen and oxygen atoms in total. The summed E-state index contributed by atoms with van der Waals surface area (Å²) in [5, 5.41) is 1.89. The van der Waals surface area contributed by atoms with E-state index in [4.69, 9.17) is 4.74 Å². The Hall–Kier alpha value is -1.20. The van der Waals surface area contributed by atoms with Gasteiger partial charge in [0, 0.05) is 39.1 Å². The number of ether oxygens (including phenoxy) is 1. The molecule has 0 bridgehead atoms. The maximum Gasteiger partial charge on any atom is 0.223 e. The number of thiophene rings is 1. The second kappa shape index (κ2) is 8.29.